The van der Waals surface area contributed by atoms with Crippen molar-refractivity contribution in [3.8, 4) is 11.5 Å². The molecule has 1 heterocycles. The molecule has 3 rings (SSSR count). The summed E-state index contributed by atoms with van der Waals surface area (Å²) in [6.45, 7) is 6.59. The zero-order chi connectivity index (χ0) is 22.4. The van der Waals surface area contributed by atoms with E-state index in [4.69, 9.17) is 9.47 Å². The molecule has 0 spiro atoms. The van der Waals surface area contributed by atoms with E-state index < -0.39 is 10.0 Å². The first-order valence-electron chi connectivity index (χ1n) is 9.75. The standard InChI is InChI=1S/C23H27N3O4S/c1-18(2)15-25-14-13-23(24-25)31(27,28)26(16-19-5-9-21(29-3)10-6-19)17-20-7-11-22(30-4)12-8-20/h5-14H,1,15-17H2,2-4H3. The fraction of sp³-hybridized carbons (Fsp3) is 0.261. The fourth-order valence-electron chi connectivity index (χ4n) is 3.07. The molecule has 1 aromatic heterocycles. The van der Waals surface area contributed by atoms with Crippen LogP contribution in [0.3, 0.4) is 0 Å². The van der Waals surface area contributed by atoms with Crippen molar-refractivity contribution >= 4 is 10.0 Å². The highest BCUT2D eigenvalue weighted by atomic mass is 32.2. The Bertz CT molecular complexity index is 1070. The van der Waals surface area contributed by atoms with Gasteiger partial charge in [0.05, 0.1) is 20.8 Å². The third-order valence-electron chi connectivity index (χ3n) is 4.69. The van der Waals surface area contributed by atoms with Crippen LogP contribution in [0.15, 0.2) is 78.0 Å². The minimum atomic E-state index is -3.83. The molecule has 0 aliphatic heterocycles. The number of benzene rings is 2. The lowest BCUT2D eigenvalue weighted by molar-refractivity contribution is 0.395. The van der Waals surface area contributed by atoms with Gasteiger partial charge in [0.1, 0.15) is 11.5 Å². The highest BCUT2D eigenvalue weighted by Crippen LogP contribution is 2.22. The summed E-state index contributed by atoms with van der Waals surface area (Å²) in [6, 6.07) is 16.2. The van der Waals surface area contributed by atoms with Gasteiger partial charge in [-0.2, -0.15) is 9.40 Å². The van der Waals surface area contributed by atoms with Crippen molar-refractivity contribution in [2.75, 3.05) is 14.2 Å². The van der Waals surface area contributed by atoms with Crippen LogP contribution in [0.5, 0.6) is 11.5 Å². The van der Waals surface area contributed by atoms with Gasteiger partial charge in [0.25, 0.3) is 10.0 Å². The van der Waals surface area contributed by atoms with Gasteiger partial charge in [0.15, 0.2) is 5.03 Å². The Labute approximate surface area is 183 Å². The van der Waals surface area contributed by atoms with E-state index in [1.54, 1.807) is 25.1 Å². The molecule has 0 bridgehead atoms. The number of hydrogen-bond donors (Lipinski definition) is 0. The van der Waals surface area contributed by atoms with Crippen LogP contribution >= 0.6 is 0 Å². The lowest BCUT2D eigenvalue weighted by atomic mass is 10.2. The third kappa shape index (κ3) is 5.74. The van der Waals surface area contributed by atoms with Crippen molar-refractivity contribution < 1.29 is 17.9 Å². The van der Waals surface area contributed by atoms with Crippen LogP contribution in [0.1, 0.15) is 18.1 Å². The number of aromatic nitrogens is 2. The average molecular weight is 442 g/mol. The molecular formula is C23H27N3O4S. The first-order chi connectivity index (χ1) is 14.8. The number of sulfonamides is 1. The lowest BCUT2D eigenvalue weighted by Crippen LogP contribution is -2.30. The van der Waals surface area contributed by atoms with E-state index in [9.17, 15) is 8.42 Å². The second-order valence-electron chi connectivity index (χ2n) is 7.28. The SMILES string of the molecule is C=C(C)Cn1ccc(S(=O)(=O)N(Cc2ccc(OC)cc2)Cc2ccc(OC)cc2)n1. The van der Waals surface area contributed by atoms with Gasteiger partial charge in [-0.25, -0.2) is 8.42 Å². The smallest absolute Gasteiger partial charge is 0.262 e. The van der Waals surface area contributed by atoms with Crippen molar-refractivity contribution in [2.24, 2.45) is 0 Å². The van der Waals surface area contributed by atoms with E-state index in [0.717, 1.165) is 16.7 Å². The van der Waals surface area contributed by atoms with Crippen LogP contribution in [-0.4, -0.2) is 36.7 Å². The Morgan fingerprint density at radius 2 is 1.42 bits per heavy atom. The minimum Gasteiger partial charge on any atom is -0.497 e. The molecule has 0 saturated heterocycles. The first-order valence-corrected chi connectivity index (χ1v) is 11.2. The second kappa shape index (κ2) is 9.80. The van der Waals surface area contributed by atoms with Gasteiger partial charge >= 0.3 is 0 Å². The average Bonchev–Trinajstić information content (AvgIpc) is 3.23. The van der Waals surface area contributed by atoms with Gasteiger partial charge in [0, 0.05) is 19.3 Å². The molecule has 0 aliphatic rings. The normalized spacial score (nSPS) is 11.5. The number of nitrogens with zero attached hydrogens (tertiary/aromatic N) is 3. The zero-order valence-electron chi connectivity index (χ0n) is 18.0. The van der Waals surface area contributed by atoms with E-state index in [1.165, 1.54) is 10.4 Å². The molecule has 2 aromatic carbocycles. The van der Waals surface area contributed by atoms with Crippen molar-refractivity contribution in [1.29, 1.82) is 0 Å². The number of rotatable bonds is 10. The summed E-state index contributed by atoms with van der Waals surface area (Å²) in [5.41, 5.74) is 2.58. The van der Waals surface area contributed by atoms with Crippen molar-refractivity contribution in [3.05, 3.63) is 84.1 Å². The second-order valence-corrected chi connectivity index (χ2v) is 9.16. The minimum absolute atomic E-state index is 0.00998. The number of methoxy groups -OCH3 is 2. The number of allylic oxidation sites excluding steroid dienone is 1. The topological polar surface area (TPSA) is 73.7 Å². The molecule has 0 aliphatic carbocycles. The van der Waals surface area contributed by atoms with E-state index >= 15 is 0 Å². The van der Waals surface area contributed by atoms with Crippen LogP contribution in [-0.2, 0) is 29.7 Å². The van der Waals surface area contributed by atoms with Crippen LogP contribution < -0.4 is 9.47 Å². The molecule has 0 amide bonds. The van der Waals surface area contributed by atoms with E-state index in [1.807, 2.05) is 55.5 Å². The summed E-state index contributed by atoms with van der Waals surface area (Å²) >= 11 is 0. The molecule has 0 radical (unpaired) electrons. The van der Waals surface area contributed by atoms with Gasteiger partial charge in [0.2, 0.25) is 0 Å². The molecule has 0 N–H and O–H groups in total. The summed E-state index contributed by atoms with van der Waals surface area (Å²) in [6.07, 6.45) is 1.65. The molecule has 7 nitrogen and oxygen atoms in total. The van der Waals surface area contributed by atoms with Crippen molar-refractivity contribution in [2.45, 2.75) is 31.6 Å². The van der Waals surface area contributed by atoms with Gasteiger partial charge < -0.3 is 9.47 Å². The van der Waals surface area contributed by atoms with E-state index in [-0.39, 0.29) is 18.1 Å². The summed E-state index contributed by atoms with van der Waals surface area (Å²) < 4.78 is 40.3. The lowest BCUT2D eigenvalue weighted by Gasteiger charge is -2.21. The fourth-order valence-corrected chi connectivity index (χ4v) is 4.42. The number of ether oxygens (including phenoxy) is 2. The predicted octanol–water partition coefficient (Wildman–Crippen LogP) is 3.87. The monoisotopic (exact) mass is 441 g/mol. The third-order valence-corrected chi connectivity index (χ3v) is 6.37. The zero-order valence-corrected chi connectivity index (χ0v) is 18.8. The Hall–Kier alpha value is -3.10. The number of hydrogen-bond acceptors (Lipinski definition) is 5. The summed E-state index contributed by atoms with van der Waals surface area (Å²) in [5, 5.41) is 4.28. The molecule has 8 heteroatoms. The molecule has 3 aromatic rings. The molecule has 0 unspecified atom stereocenters. The Balaban J connectivity index is 1.92. The highest BCUT2D eigenvalue weighted by Gasteiger charge is 2.27. The summed E-state index contributed by atoms with van der Waals surface area (Å²) in [5.74, 6) is 1.43. The Morgan fingerprint density at radius 1 is 0.935 bits per heavy atom. The van der Waals surface area contributed by atoms with E-state index in [2.05, 4.69) is 11.7 Å². The maximum atomic E-state index is 13.5. The largest absolute Gasteiger partial charge is 0.497 e. The Morgan fingerprint density at radius 3 is 1.84 bits per heavy atom. The summed E-state index contributed by atoms with van der Waals surface area (Å²) in [4.78, 5) is 0. The van der Waals surface area contributed by atoms with Gasteiger partial charge in [-0.3, -0.25) is 4.68 Å². The molecule has 0 atom stereocenters. The van der Waals surface area contributed by atoms with Gasteiger partial charge in [-0.05, 0) is 48.4 Å². The molecular weight excluding hydrogens is 414 g/mol. The van der Waals surface area contributed by atoms with E-state index in [0.29, 0.717) is 18.0 Å². The molecule has 0 saturated carbocycles. The molecule has 0 fully saturated rings. The van der Waals surface area contributed by atoms with Crippen molar-refractivity contribution in [3.63, 3.8) is 0 Å². The van der Waals surface area contributed by atoms with Crippen molar-refractivity contribution in [1.82, 2.24) is 14.1 Å². The summed E-state index contributed by atoms with van der Waals surface area (Å²) in [7, 11) is -0.647. The predicted molar refractivity (Wildman–Crippen MR) is 119 cm³/mol. The first kappa shape index (κ1) is 22.6. The van der Waals surface area contributed by atoms with Crippen LogP contribution in [0.2, 0.25) is 0 Å². The highest BCUT2D eigenvalue weighted by molar-refractivity contribution is 7.89. The maximum absolute atomic E-state index is 13.5. The van der Waals surface area contributed by atoms with Crippen LogP contribution in [0.25, 0.3) is 0 Å². The Kier molecular flexibility index (Phi) is 7.14. The molecule has 164 valence electrons. The molecule has 31 heavy (non-hydrogen) atoms. The van der Waals surface area contributed by atoms with Crippen LogP contribution in [0, 0.1) is 0 Å². The van der Waals surface area contributed by atoms with Gasteiger partial charge in [-0.1, -0.05) is 36.4 Å². The van der Waals surface area contributed by atoms with Gasteiger partial charge in [-0.15, -0.1) is 0 Å². The quantitative estimate of drug-likeness (QED) is 0.447. The van der Waals surface area contributed by atoms with Crippen LogP contribution in [0.4, 0.5) is 0 Å². The maximum Gasteiger partial charge on any atom is 0.262 e.